The molecule has 1 aliphatic heterocycles. The fourth-order valence-electron chi connectivity index (χ4n) is 1.44. The Morgan fingerprint density at radius 1 is 1.75 bits per heavy atom. The minimum absolute atomic E-state index is 0.563. The van der Waals surface area contributed by atoms with E-state index in [-0.39, 0.29) is 0 Å². The second-order valence-corrected chi connectivity index (χ2v) is 4.43. The van der Waals surface area contributed by atoms with Gasteiger partial charge in [0.15, 0.2) is 0 Å². The molecule has 1 atom stereocenters. The molecule has 0 aromatic rings. The largest absolute Gasteiger partial charge is 0.480 e. The SMILES string of the molecule is C#CCCC1(C(=O)O)CCCS1. The molecular weight excluding hydrogens is 172 g/mol. The van der Waals surface area contributed by atoms with E-state index in [9.17, 15) is 4.79 Å². The molecule has 0 aromatic carbocycles. The van der Waals surface area contributed by atoms with Crippen molar-refractivity contribution in [1.82, 2.24) is 0 Å². The van der Waals surface area contributed by atoms with E-state index in [2.05, 4.69) is 5.92 Å². The summed E-state index contributed by atoms with van der Waals surface area (Å²) in [4.78, 5) is 10.9. The van der Waals surface area contributed by atoms with Crippen LogP contribution in [-0.2, 0) is 4.79 Å². The highest BCUT2D eigenvalue weighted by Gasteiger charge is 2.41. The van der Waals surface area contributed by atoms with Gasteiger partial charge in [-0.25, -0.2) is 0 Å². The van der Waals surface area contributed by atoms with Gasteiger partial charge in [0, 0.05) is 6.42 Å². The molecular formula is C9H12O2S. The lowest BCUT2D eigenvalue weighted by Gasteiger charge is -2.21. The van der Waals surface area contributed by atoms with Gasteiger partial charge in [-0.15, -0.1) is 24.1 Å². The van der Waals surface area contributed by atoms with Crippen molar-refractivity contribution >= 4 is 17.7 Å². The van der Waals surface area contributed by atoms with Crippen LogP contribution >= 0.6 is 11.8 Å². The molecule has 1 unspecified atom stereocenters. The van der Waals surface area contributed by atoms with Crippen molar-refractivity contribution in [2.45, 2.75) is 30.4 Å². The van der Waals surface area contributed by atoms with Crippen LogP contribution < -0.4 is 0 Å². The molecule has 1 N–H and O–H groups in total. The normalized spacial score (nSPS) is 28.2. The summed E-state index contributed by atoms with van der Waals surface area (Å²) in [6.45, 7) is 0. The van der Waals surface area contributed by atoms with E-state index < -0.39 is 10.7 Å². The summed E-state index contributed by atoms with van der Waals surface area (Å²) >= 11 is 1.54. The molecule has 1 rings (SSSR count). The first-order valence-corrected chi connectivity index (χ1v) is 5.01. The molecule has 0 saturated carbocycles. The summed E-state index contributed by atoms with van der Waals surface area (Å²) < 4.78 is -0.563. The van der Waals surface area contributed by atoms with Gasteiger partial charge in [-0.05, 0) is 25.0 Å². The van der Waals surface area contributed by atoms with Crippen molar-refractivity contribution in [2.75, 3.05) is 5.75 Å². The van der Waals surface area contributed by atoms with Crippen molar-refractivity contribution in [1.29, 1.82) is 0 Å². The van der Waals surface area contributed by atoms with Crippen molar-refractivity contribution in [3.8, 4) is 12.3 Å². The maximum absolute atomic E-state index is 10.9. The van der Waals surface area contributed by atoms with E-state index in [1.54, 1.807) is 11.8 Å². The number of carbonyl (C=O) groups is 1. The van der Waals surface area contributed by atoms with Crippen LogP contribution in [0.15, 0.2) is 0 Å². The van der Waals surface area contributed by atoms with Gasteiger partial charge in [-0.1, -0.05) is 0 Å². The van der Waals surface area contributed by atoms with Gasteiger partial charge < -0.3 is 5.11 Å². The third-order valence-electron chi connectivity index (χ3n) is 2.17. The second-order valence-electron chi connectivity index (χ2n) is 2.96. The average molecular weight is 184 g/mol. The predicted octanol–water partition coefficient (Wildman–Crippen LogP) is 1.75. The van der Waals surface area contributed by atoms with Crippen LogP contribution in [0.1, 0.15) is 25.7 Å². The van der Waals surface area contributed by atoms with Crippen LogP contribution in [0.4, 0.5) is 0 Å². The Bertz CT molecular complexity index is 211. The monoisotopic (exact) mass is 184 g/mol. The number of hydrogen-bond donors (Lipinski definition) is 1. The minimum Gasteiger partial charge on any atom is -0.480 e. The Morgan fingerprint density at radius 2 is 2.50 bits per heavy atom. The van der Waals surface area contributed by atoms with Crippen molar-refractivity contribution in [2.24, 2.45) is 0 Å². The quantitative estimate of drug-likeness (QED) is 0.679. The number of rotatable bonds is 3. The summed E-state index contributed by atoms with van der Waals surface area (Å²) in [7, 11) is 0. The molecule has 66 valence electrons. The third-order valence-corrected chi connectivity index (χ3v) is 3.79. The molecule has 0 bridgehead atoms. The third kappa shape index (κ3) is 1.75. The van der Waals surface area contributed by atoms with Gasteiger partial charge in [0.2, 0.25) is 0 Å². The van der Waals surface area contributed by atoms with E-state index in [4.69, 9.17) is 11.5 Å². The van der Waals surface area contributed by atoms with Crippen molar-refractivity contribution in [3.63, 3.8) is 0 Å². The molecule has 1 heterocycles. The zero-order valence-electron chi connectivity index (χ0n) is 6.88. The molecule has 2 nitrogen and oxygen atoms in total. The summed E-state index contributed by atoms with van der Waals surface area (Å²) in [6, 6.07) is 0. The smallest absolute Gasteiger partial charge is 0.319 e. The van der Waals surface area contributed by atoms with E-state index >= 15 is 0 Å². The van der Waals surface area contributed by atoms with E-state index in [0.29, 0.717) is 12.8 Å². The molecule has 0 amide bonds. The maximum atomic E-state index is 10.9. The summed E-state index contributed by atoms with van der Waals surface area (Å²) in [5.41, 5.74) is 0. The highest BCUT2D eigenvalue weighted by atomic mass is 32.2. The highest BCUT2D eigenvalue weighted by Crippen LogP contribution is 2.41. The van der Waals surface area contributed by atoms with Gasteiger partial charge in [0.05, 0.1) is 0 Å². The fraction of sp³-hybridized carbons (Fsp3) is 0.667. The molecule has 1 aliphatic rings. The zero-order chi connectivity index (χ0) is 9.03. The van der Waals surface area contributed by atoms with Gasteiger partial charge in [0.25, 0.3) is 0 Å². The summed E-state index contributed by atoms with van der Waals surface area (Å²) in [6.07, 6.45) is 8.07. The molecule has 0 spiro atoms. The van der Waals surface area contributed by atoms with Crippen LogP contribution in [0.2, 0.25) is 0 Å². The van der Waals surface area contributed by atoms with Crippen molar-refractivity contribution in [3.05, 3.63) is 0 Å². The zero-order valence-corrected chi connectivity index (χ0v) is 7.69. The van der Waals surface area contributed by atoms with Crippen LogP contribution in [-0.4, -0.2) is 21.6 Å². The minimum atomic E-state index is -0.694. The highest BCUT2D eigenvalue weighted by molar-refractivity contribution is 8.01. The summed E-state index contributed by atoms with van der Waals surface area (Å²) in [5, 5.41) is 9.00. The Hall–Kier alpha value is -0.620. The number of terminal acetylenes is 1. The molecule has 12 heavy (non-hydrogen) atoms. The molecule has 1 fully saturated rings. The molecule has 1 saturated heterocycles. The lowest BCUT2D eigenvalue weighted by Crippen LogP contribution is -2.31. The lowest BCUT2D eigenvalue weighted by molar-refractivity contribution is -0.140. The fourth-order valence-corrected chi connectivity index (χ4v) is 2.78. The first kappa shape index (κ1) is 9.47. The van der Waals surface area contributed by atoms with Crippen LogP contribution in [0.5, 0.6) is 0 Å². The predicted molar refractivity (Wildman–Crippen MR) is 50.1 cm³/mol. The first-order chi connectivity index (χ1) is 5.71. The Labute approximate surface area is 76.7 Å². The van der Waals surface area contributed by atoms with Crippen LogP contribution in [0.25, 0.3) is 0 Å². The van der Waals surface area contributed by atoms with Crippen molar-refractivity contribution < 1.29 is 9.90 Å². The summed E-state index contributed by atoms with van der Waals surface area (Å²) in [5.74, 6) is 2.76. The van der Waals surface area contributed by atoms with E-state index in [0.717, 1.165) is 18.6 Å². The van der Waals surface area contributed by atoms with Gasteiger partial charge >= 0.3 is 5.97 Å². The van der Waals surface area contributed by atoms with Gasteiger partial charge in [-0.3, -0.25) is 4.79 Å². The molecule has 3 heteroatoms. The van der Waals surface area contributed by atoms with Gasteiger partial charge in [-0.2, -0.15) is 0 Å². The first-order valence-electron chi connectivity index (χ1n) is 4.02. The Morgan fingerprint density at radius 3 is 2.92 bits per heavy atom. The maximum Gasteiger partial charge on any atom is 0.319 e. The number of carboxylic acids is 1. The lowest BCUT2D eigenvalue weighted by atomic mass is 9.98. The topological polar surface area (TPSA) is 37.3 Å². The molecule has 0 aliphatic carbocycles. The molecule has 0 aromatic heterocycles. The number of thioether (sulfide) groups is 1. The standard InChI is InChI=1S/C9H12O2S/c1-2-3-5-9(8(10)11)6-4-7-12-9/h1H,3-7H2,(H,10,11). The van der Waals surface area contributed by atoms with Gasteiger partial charge in [0.1, 0.15) is 4.75 Å². The number of carboxylic acid groups (broad SMARTS) is 1. The van der Waals surface area contributed by atoms with E-state index in [1.807, 2.05) is 0 Å². The second kappa shape index (κ2) is 3.86. The Kier molecular flexibility index (Phi) is 3.05. The molecule has 0 radical (unpaired) electrons. The number of hydrogen-bond acceptors (Lipinski definition) is 2. The van der Waals surface area contributed by atoms with E-state index in [1.165, 1.54) is 0 Å². The van der Waals surface area contributed by atoms with Crippen LogP contribution in [0.3, 0.4) is 0 Å². The number of aliphatic carboxylic acids is 1. The Balaban J connectivity index is 2.60. The average Bonchev–Trinajstić information content (AvgIpc) is 2.50. The van der Waals surface area contributed by atoms with Crippen LogP contribution in [0, 0.1) is 12.3 Å².